The second-order valence-corrected chi connectivity index (χ2v) is 4.30. The molecule has 88 valence electrons. The highest BCUT2D eigenvalue weighted by Gasteiger charge is 2.26. The van der Waals surface area contributed by atoms with E-state index >= 15 is 0 Å². The summed E-state index contributed by atoms with van der Waals surface area (Å²) in [5.41, 5.74) is 0. The molecule has 1 aliphatic rings. The fourth-order valence-corrected chi connectivity index (χ4v) is 2.25. The van der Waals surface area contributed by atoms with Crippen molar-refractivity contribution in [2.75, 3.05) is 33.3 Å². The number of aliphatic hydroxyl groups excluding tert-OH is 1. The monoisotopic (exact) mass is 216 g/mol. The van der Waals surface area contributed by atoms with E-state index in [2.05, 4.69) is 10.2 Å². The standard InChI is InChI=1S/C10H20N2O3/c1-12-6-8(5-10(14)15)4-9(7-12)11-2-3-13/h8-9,11,13H,2-7H2,1H3,(H,14,15). The Morgan fingerprint density at radius 2 is 2.27 bits per heavy atom. The minimum absolute atomic E-state index is 0.129. The lowest BCUT2D eigenvalue weighted by molar-refractivity contribution is -0.138. The van der Waals surface area contributed by atoms with Crippen molar-refractivity contribution in [3.8, 4) is 0 Å². The second-order valence-electron chi connectivity index (χ2n) is 4.30. The number of likely N-dealkylation sites (N-methyl/N-ethyl adjacent to an activating group) is 1. The molecule has 5 nitrogen and oxygen atoms in total. The molecule has 0 radical (unpaired) electrons. The van der Waals surface area contributed by atoms with Gasteiger partial charge in [-0.2, -0.15) is 0 Å². The fourth-order valence-electron chi connectivity index (χ4n) is 2.25. The number of carboxylic acids is 1. The molecule has 2 unspecified atom stereocenters. The summed E-state index contributed by atoms with van der Waals surface area (Å²) in [4.78, 5) is 12.8. The number of carboxylic acid groups (broad SMARTS) is 1. The summed E-state index contributed by atoms with van der Waals surface area (Å²) in [7, 11) is 2.00. The van der Waals surface area contributed by atoms with Crippen molar-refractivity contribution in [3.63, 3.8) is 0 Å². The van der Waals surface area contributed by atoms with E-state index in [4.69, 9.17) is 10.2 Å². The minimum Gasteiger partial charge on any atom is -0.481 e. The predicted molar refractivity (Wildman–Crippen MR) is 56.7 cm³/mol. The van der Waals surface area contributed by atoms with E-state index in [0.29, 0.717) is 12.6 Å². The number of aliphatic carboxylic acids is 1. The van der Waals surface area contributed by atoms with Gasteiger partial charge in [-0.1, -0.05) is 0 Å². The summed E-state index contributed by atoms with van der Waals surface area (Å²) in [5, 5.41) is 20.7. The number of rotatable bonds is 5. The minimum atomic E-state index is -0.726. The second kappa shape index (κ2) is 6.05. The van der Waals surface area contributed by atoms with Gasteiger partial charge in [0.15, 0.2) is 0 Å². The Balaban J connectivity index is 2.37. The van der Waals surface area contributed by atoms with Crippen molar-refractivity contribution >= 4 is 5.97 Å². The molecule has 0 saturated carbocycles. The quantitative estimate of drug-likeness (QED) is 0.570. The van der Waals surface area contributed by atoms with Gasteiger partial charge >= 0.3 is 5.97 Å². The Morgan fingerprint density at radius 3 is 2.87 bits per heavy atom. The van der Waals surface area contributed by atoms with Crippen LogP contribution in [0.5, 0.6) is 0 Å². The van der Waals surface area contributed by atoms with Crippen molar-refractivity contribution in [1.29, 1.82) is 0 Å². The molecule has 0 bridgehead atoms. The maximum absolute atomic E-state index is 10.6. The molecule has 0 amide bonds. The van der Waals surface area contributed by atoms with Crippen LogP contribution >= 0.6 is 0 Å². The summed E-state index contributed by atoms with van der Waals surface area (Å²) in [6.45, 7) is 2.49. The molecule has 0 aromatic heterocycles. The van der Waals surface area contributed by atoms with Crippen LogP contribution in [0.15, 0.2) is 0 Å². The summed E-state index contributed by atoms with van der Waals surface area (Å²) >= 11 is 0. The third-order valence-corrected chi connectivity index (χ3v) is 2.73. The van der Waals surface area contributed by atoms with Crippen LogP contribution < -0.4 is 5.32 Å². The summed E-state index contributed by atoms with van der Waals surface area (Å²) in [6.07, 6.45) is 1.12. The Labute approximate surface area is 90.1 Å². The number of hydrogen-bond acceptors (Lipinski definition) is 4. The van der Waals surface area contributed by atoms with E-state index < -0.39 is 5.97 Å². The maximum Gasteiger partial charge on any atom is 0.303 e. The summed E-state index contributed by atoms with van der Waals surface area (Å²) in [6, 6.07) is 0.306. The third kappa shape index (κ3) is 4.59. The van der Waals surface area contributed by atoms with Gasteiger partial charge in [0.05, 0.1) is 6.61 Å². The first-order chi connectivity index (χ1) is 7.11. The molecule has 0 aromatic carbocycles. The third-order valence-electron chi connectivity index (χ3n) is 2.73. The van der Waals surface area contributed by atoms with Gasteiger partial charge in [-0.15, -0.1) is 0 Å². The molecule has 3 N–H and O–H groups in total. The Bertz CT molecular complexity index is 211. The SMILES string of the molecule is CN1CC(CC(=O)O)CC(NCCO)C1. The lowest BCUT2D eigenvalue weighted by atomic mass is 9.92. The Morgan fingerprint density at radius 1 is 1.53 bits per heavy atom. The van der Waals surface area contributed by atoms with E-state index in [9.17, 15) is 4.79 Å². The average molecular weight is 216 g/mol. The fraction of sp³-hybridized carbons (Fsp3) is 0.900. The van der Waals surface area contributed by atoms with Crippen LogP contribution in [0.1, 0.15) is 12.8 Å². The van der Waals surface area contributed by atoms with Crippen molar-refractivity contribution in [2.45, 2.75) is 18.9 Å². The van der Waals surface area contributed by atoms with E-state index in [1.54, 1.807) is 0 Å². The maximum atomic E-state index is 10.6. The van der Waals surface area contributed by atoms with Crippen molar-refractivity contribution in [3.05, 3.63) is 0 Å². The van der Waals surface area contributed by atoms with Crippen LogP contribution in [-0.4, -0.2) is 60.4 Å². The van der Waals surface area contributed by atoms with Crippen molar-refractivity contribution in [1.82, 2.24) is 10.2 Å². The first kappa shape index (κ1) is 12.4. The number of likely N-dealkylation sites (tertiary alicyclic amines) is 1. The number of carbonyl (C=O) groups is 1. The molecular formula is C10H20N2O3. The van der Waals surface area contributed by atoms with Crippen LogP contribution in [-0.2, 0) is 4.79 Å². The van der Waals surface area contributed by atoms with Crippen molar-refractivity contribution < 1.29 is 15.0 Å². The molecule has 5 heteroatoms. The van der Waals surface area contributed by atoms with Gasteiger partial charge in [0.25, 0.3) is 0 Å². The Kier molecular flexibility index (Phi) is 5.01. The van der Waals surface area contributed by atoms with Crippen LogP contribution in [0.2, 0.25) is 0 Å². The molecule has 2 atom stereocenters. The molecule has 1 aliphatic heterocycles. The van der Waals surface area contributed by atoms with Gasteiger partial charge < -0.3 is 20.4 Å². The van der Waals surface area contributed by atoms with Crippen molar-refractivity contribution in [2.24, 2.45) is 5.92 Å². The van der Waals surface area contributed by atoms with Gasteiger partial charge in [-0.3, -0.25) is 4.79 Å². The molecule has 1 heterocycles. The van der Waals surface area contributed by atoms with Gasteiger partial charge in [0, 0.05) is 32.1 Å². The molecule has 1 rings (SSSR count). The largest absolute Gasteiger partial charge is 0.481 e. The summed E-state index contributed by atoms with van der Waals surface area (Å²) in [5.74, 6) is -0.506. The normalized spacial score (nSPS) is 27.9. The lowest BCUT2D eigenvalue weighted by Gasteiger charge is -2.35. The zero-order valence-electron chi connectivity index (χ0n) is 9.15. The van der Waals surface area contributed by atoms with E-state index in [-0.39, 0.29) is 18.9 Å². The molecule has 0 aliphatic carbocycles. The predicted octanol–water partition coefficient (Wildman–Crippen LogP) is -0.637. The zero-order valence-corrected chi connectivity index (χ0v) is 9.15. The molecule has 15 heavy (non-hydrogen) atoms. The molecule has 1 saturated heterocycles. The van der Waals surface area contributed by atoms with Crippen LogP contribution in [0.4, 0.5) is 0 Å². The lowest BCUT2D eigenvalue weighted by Crippen LogP contribution is -2.48. The number of nitrogens with one attached hydrogen (secondary N) is 1. The van der Waals surface area contributed by atoms with Gasteiger partial charge in [-0.25, -0.2) is 0 Å². The van der Waals surface area contributed by atoms with E-state index in [1.165, 1.54) is 0 Å². The van der Waals surface area contributed by atoms with Crippen LogP contribution in [0, 0.1) is 5.92 Å². The zero-order chi connectivity index (χ0) is 11.3. The molecular weight excluding hydrogens is 196 g/mol. The van der Waals surface area contributed by atoms with Crippen LogP contribution in [0.25, 0.3) is 0 Å². The van der Waals surface area contributed by atoms with Gasteiger partial charge in [0.1, 0.15) is 0 Å². The smallest absolute Gasteiger partial charge is 0.303 e. The number of aliphatic hydroxyl groups is 1. The Hall–Kier alpha value is -0.650. The van der Waals surface area contributed by atoms with E-state index in [0.717, 1.165) is 19.5 Å². The molecule has 0 aromatic rings. The summed E-state index contributed by atoms with van der Waals surface area (Å²) < 4.78 is 0. The van der Waals surface area contributed by atoms with Crippen LogP contribution in [0.3, 0.4) is 0 Å². The number of nitrogens with zero attached hydrogens (tertiary/aromatic N) is 1. The topological polar surface area (TPSA) is 72.8 Å². The average Bonchev–Trinajstić information content (AvgIpc) is 2.12. The van der Waals surface area contributed by atoms with Gasteiger partial charge in [0.2, 0.25) is 0 Å². The molecule has 0 spiro atoms. The van der Waals surface area contributed by atoms with E-state index in [1.807, 2.05) is 7.05 Å². The first-order valence-corrected chi connectivity index (χ1v) is 5.36. The number of piperidine rings is 1. The van der Waals surface area contributed by atoms with Gasteiger partial charge in [-0.05, 0) is 19.4 Å². The molecule has 1 fully saturated rings. The number of hydrogen-bond donors (Lipinski definition) is 3. The first-order valence-electron chi connectivity index (χ1n) is 5.36. The highest BCUT2D eigenvalue weighted by molar-refractivity contribution is 5.67. The highest BCUT2D eigenvalue weighted by Crippen LogP contribution is 2.18. The highest BCUT2D eigenvalue weighted by atomic mass is 16.4.